The van der Waals surface area contributed by atoms with E-state index in [1.54, 1.807) is 29.2 Å². The van der Waals surface area contributed by atoms with Gasteiger partial charge in [-0.1, -0.05) is 35.2 Å². The number of carbonyl (C=O) groups is 2. The summed E-state index contributed by atoms with van der Waals surface area (Å²) in [7, 11) is 0. The van der Waals surface area contributed by atoms with E-state index >= 15 is 0 Å². The van der Waals surface area contributed by atoms with Crippen LogP contribution >= 0.6 is 23.1 Å². The average molecular weight is 584 g/mol. The van der Waals surface area contributed by atoms with Crippen molar-refractivity contribution in [3.8, 4) is 17.9 Å². The highest BCUT2D eigenvalue weighted by molar-refractivity contribution is 8.01. The van der Waals surface area contributed by atoms with E-state index in [0.717, 1.165) is 11.3 Å². The number of ketones is 1. The molecule has 0 saturated carbocycles. The molecule has 12 heteroatoms. The maximum Gasteiger partial charge on any atom is 0.234 e. The molecule has 3 aromatic rings. The van der Waals surface area contributed by atoms with Gasteiger partial charge in [-0.3, -0.25) is 14.5 Å². The van der Waals surface area contributed by atoms with Gasteiger partial charge in [-0.05, 0) is 61.7 Å². The minimum Gasteiger partial charge on any atom is -0.494 e. The van der Waals surface area contributed by atoms with Gasteiger partial charge in [-0.25, -0.2) is 0 Å². The zero-order valence-electron chi connectivity index (χ0n) is 22.1. The first kappa shape index (κ1) is 27.9. The molecule has 2 aliphatic rings. The van der Waals surface area contributed by atoms with E-state index in [-0.39, 0.29) is 28.8 Å². The molecule has 1 aromatic heterocycles. The van der Waals surface area contributed by atoms with Crippen LogP contribution < -0.4 is 20.7 Å². The van der Waals surface area contributed by atoms with E-state index in [1.807, 2.05) is 37.3 Å². The van der Waals surface area contributed by atoms with Gasteiger partial charge >= 0.3 is 0 Å². The van der Waals surface area contributed by atoms with E-state index in [0.29, 0.717) is 57.9 Å². The Balaban J connectivity index is 1.39. The SMILES string of the molecule is CCOc1ccc(C2C(C#N)=C(N)N(c3nnc(SCC(=O)Nc4ccc(C#N)cc4)s3)C3=C2C(=O)CCC3)cc1. The first-order valence-corrected chi connectivity index (χ1v) is 14.7. The number of allylic oxidation sites excluding steroid dienone is 3. The Morgan fingerprint density at radius 3 is 2.59 bits per heavy atom. The summed E-state index contributed by atoms with van der Waals surface area (Å²) in [4.78, 5) is 27.5. The number of rotatable bonds is 8. The number of nitrogens with zero attached hydrogens (tertiary/aromatic N) is 5. The Kier molecular flexibility index (Phi) is 8.34. The van der Waals surface area contributed by atoms with Gasteiger partial charge < -0.3 is 15.8 Å². The summed E-state index contributed by atoms with van der Waals surface area (Å²) in [6.45, 7) is 2.44. The molecule has 0 radical (unpaired) electrons. The molecule has 1 aliphatic carbocycles. The Bertz CT molecular complexity index is 1630. The molecule has 0 bridgehead atoms. The standard InChI is InChI=1S/C29H25N7O3S2/c1-2-39-20-12-8-18(9-13-20)25-21(15-31)27(32)36(22-4-3-5-23(37)26(22)25)28-34-35-29(41-28)40-16-24(38)33-19-10-6-17(14-30)7-11-19/h6-13,25H,2-5,16,32H2,1H3,(H,33,38). The van der Waals surface area contributed by atoms with Crippen molar-refractivity contribution < 1.29 is 14.3 Å². The molecule has 3 N–H and O–H groups in total. The molecule has 41 heavy (non-hydrogen) atoms. The number of nitrogens with two attached hydrogens (primary N) is 1. The molecular weight excluding hydrogens is 558 g/mol. The number of hydrogen-bond donors (Lipinski definition) is 2. The van der Waals surface area contributed by atoms with E-state index < -0.39 is 5.92 Å². The van der Waals surface area contributed by atoms with Crippen LogP contribution in [0.2, 0.25) is 0 Å². The summed E-state index contributed by atoms with van der Waals surface area (Å²) >= 11 is 2.45. The van der Waals surface area contributed by atoms with E-state index in [4.69, 9.17) is 15.7 Å². The van der Waals surface area contributed by atoms with Crippen LogP contribution in [0.25, 0.3) is 0 Å². The number of amides is 1. The van der Waals surface area contributed by atoms with Gasteiger partial charge in [-0.2, -0.15) is 10.5 Å². The predicted molar refractivity (Wildman–Crippen MR) is 156 cm³/mol. The number of Topliss-reactive ketones (excluding diaryl/α,β-unsaturated/α-hetero) is 1. The van der Waals surface area contributed by atoms with Crippen molar-refractivity contribution in [3.05, 3.63) is 82.3 Å². The molecule has 5 rings (SSSR count). The second-order valence-electron chi connectivity index (χ2n) is 9.19. The van der Waals surface area contributed by atoms with Crippen LogP contribution in [0.5, 0.6) is 5.75 Å². The smallest absolute Gasteiger partial charge is 0.234 e. The number of nitriles is 2. The summed E-state index contributed by atoms with van der Waals surface area (Å²) in [5, 5.41) is 30.9. The normalized spacial score (nSPS) is 16.6. The van der Waals surface area contributed by atoms with Gasteiger partial charge in [-0.15, -0.1) is 10.2 Å². The fraction of sp³-hybridized carbons (Fsp3) is 0.241. The number of benzene rings is 2. The van der Waals surface area contributed by atoms with Crippen LogP contribution in [0.15, 0.2) is 75.5 Å². The maximum atomic E-state index is 13.3. The molecule has 1 atom stereocenters. The molecule has 1 aliphatic heterocycles. The Morgan fingerprint density at radius 2 is 1.90 bits per heavy atom. The molecule has 0 saturated heterocycles. The fourth-order valence-electron chi connectivity index (χ4n) is 4.87. The zero-order valence-corrected chi connectivity index (χ0v) is 23.7. The summed E-state index contributed by atoms with van der Waals surface area (Å²) < 4.78 is 6.10. The van der Waals surface area contributed by atoms with Gasteiger partial charge in [0.15, 0.2) is 10.1 Å². The Morgan fingerprint density at radius 1 is 1.15 bits per heavy atom. The quantitative estimate of drug-likeness (QED) is 0.351. The summed E-state index contributed by atoms with van der Waals surface area (Å²) in [6, 6.07) is 18.3. The highest BCUT2D eigenvalue weighted by Crippen LogP contribution is 2.47. The molecule has 0 spiro atoms. The van der Waals surface area contributed by atoms with Crippen LogP contribution in [0.1, 0.15) is 43.2 Å². The van der Waals surface area contributed by atoms with Gasteiger partial charge in [0.1, 0.15) is 11.6 Å². The van der Waals surface area contributed by atoms with Crippen LogP contribution in [-0.2, 0) is 9.59 Å². The van der Waals surface area contributed by atoms with Gasteiger partial charge in [0, 0.05) is 23.4 Å². The van der Waals surface area contributed by atoms with Crippen molar-refractivity contribution in [3.63, 3.8) is 0 Å². The van der Waals surface area contributed by atoms with Crippen molar-refractivity contribution in [2.45, 2.75) is 36.4 Å². The molecule has 10 nitrogen and oxygen atoms in total. The van der Waals surface area contributed by atoms with E-state index in [2.05, 4.69) is 21.6 Å². The molecule has 1 amide bonds. The van der Waals surface area contributed by atoms with Crippen molar-refractivity contribution in [1.29, 1.82) is 10.5 Å². The number of hydrogen-bond acceptors (Lipinski definition) is 11. The summed E-state index contributed by atoms with van der Waals surface area (Å²) in [5.74, 6) is 0.178. The molecule has 0 fully saturated rings. The lowest BCUT2D eigenvalue weighted by Gasteiger charge is -2.38. The zero-order chi connectivity index (χ0) is 28.9. The number of carbonyl (C=O) groups excluding carboxylic acids is 2. The van der Waals surface area contributed by atoms with E-state index in [1.165, 1.54) is 23.1 Å². The maximum absolute atomic E-state index is 13.3. The molecule has 2 heterocycles. The van der Waals surface area contributed by atoms with Crippen molar-refractivity contribution in [2.24, 2.45) is 5.73 Å². The fourth-order valence-corrected chi connectivity index (χ4v) is 6.55. The van der Waals surface area contributed by atoms with Crippen molar-refractivity contribution in [1.82, 2.24) is 10.2 Å². The third-order valence-electron chi connectivity index (χ3n) is 6.65. The van der Waals surface area contributed by atoms with Gasteiger partial charge in [0.05, 0.1) is 41.6 Å². The first-order valence-electron chi connectivity index (χ1n) is 12.9. The number of aromatic nitrogens is 2. The average Bonchev–Trinajstić information content (AvgIpc) is 3.45. The lowest BCUT2D eigenvalue weighted by molar-refractivity contribution is -0.116. The third-order valence-corrected chi connectivity index (χ3v) is 8.69. The second kappa shape index (κ2) is 12.3. The molecule has 1 unspecified atom stereocenters. The number of thioether (sulfide) groups is 1. The van der Waals surface area contributed by atoms with Crippen LogP contribution in [0.4, 0.5) is 10.8 Å². The summed E-state index contributed by atoms with van der Waals surface area (Å²) in [5.41, 5.74) is 10.1. The van der Waals surface area contributed by atoms with Crippen LogP contribution in [-0.4, -0.2) is 34.2 Å². The number of anilines is 2. The number of nitrogens with one attached hydrogen (secondary N) is 1. The van der Waals surface area contributed by atoms with Crippen LogP contribution in [0.3, 0.4) is 0 Å². The third kappa shape index (κ3) is 5.80. The van der Waals surface area contributed by atoms with Gasteiger partial charge in [0.2, 0.25) is 11.0 Å². The monoisotopic (exact) mass is 583 g/mol. The minimum atomic E-state index is -0.581. The highest BCUT2D eigenvalue weighted by atomic mass is 32.2. The lowest BCUT2D eigenvalue weighted by atomic mass is 9.76. The predicted octanol–water partition coefficient (Wildman–Crippen LogP) is 4.84. The Labute approximate surface area is 245 Å². The molecular formula is C29H25N7O3S2. The lowest BCUT2D eigenvalue weighted by Crippen LogP contribution is -2.38. The van der Waals surface area contributed by atoms with Gasteiger partial charge in [0.25, 0.3) is 0 Å². The number of ether oxygens (including phenoxy) is 1. The van der Waals surface area contributed by atoms with Crippen LogP contribution in [0, 0.1) is 22.7 Å². The molecule has 2 aromatic carbocycles. The summed E-state index contributed by atoms with van der Waals surface area (Å²) in [6.07, 6.45) is 1.66. The molecule has 206 valence electrons. The van der Waals surface area contributed by atoms with Crippen molar-refractivity contribution >= 4 is 45.6 Å². The minimum absolute atomic E-state index is 0.0195. The Hall–Kier alpha value is -4.65. The van der Waals surface area contributed by atoms with Crippen molar-refractivity contribution in [2.75, 3.05) is 22.6 Å². The van der Waals surface area contributed by atoms with E-state index in [9.17, 15) is 14.9 Å². The highest BCUT2D eigenvalue weighted by Gasteiger charge is 2.41. The largest absolute Gasteiger partial charge is 0.494 e. The first-order chi connectivity index (χ1) is 19.9. The topological polar surface area (TPSA) is 158 Å². The second-order valence-corrected chi connectivity index (χ2v) is 11.4.